The van der Waals surface area contributed by atoms with E-state index in [1.807, 2.05) is 20.8 Å². The van der Waals surface area contributed by atoms with Gasteiger partial charge in [0.05, 0.1) is 6.54 Å². The molecule has 25 heavy (non-hydrogen) atoms. The highest BCUT2D eigenvalue weighted by molar-refractivity contribution is 7.89. The van der Waals surface area contributed by atoms with Crippen LogP contribution < -0.4 is 9.46 Å². The molecule has 1 aromatic rings. The van der Waals surface area contributed by atoms with Crippen LogP contribution in [0.3, 0.4) is 0 Å². The van der Waals surface area contributed by atoms with Crippen molar-refractivity contribution in [2.24, 2.45) is 0 Å². The third-order valence-electron chi connectivity index (χ3n) is 4.25. The first-order valence-corrected chi connectivity index (χ1v) is 9.70. The van der Waals surface area contributed by atoms with Crippen LogP contribution in [0.1, 0.15) is 33.6 Å². The van der Waals surface area contributed by atoms with Crippen molar-refractivity contribution in [2.45, 2.75) is 49.7 Å². The average molecular weight is 369 g/mol. The Morgan fingerprint density at radius 1 is 1.36 bits per heavy atom. The number of nitrogens with one attached hydrogen (secondary N) is 1. The number of hydrogen-bond acceptors (Lipinski definition) is 6. The first-order valence-electron chi connectivity index (χ1n) is 8.22. The van der Waals surface area contributed by atoms with Gasteiger partial charge in [0, 0.05) is 32.1 Å². The number of ether oxygens (including phenoxy) is 2. The fourth-order valence-electron chi connectivity index (χ4n) is 2.90. The summed E-state index contributed by atoms with van der Waals surface area (Å²) in [7, 11) is -3.65. The van der Waals surface area contributed by atoms with Gasteiger partial charge in [-0.15, -0.1) is 0 Å². The fourth-order valence-corrected chi connectivity index (χ4v) is 4.10. The van der Waals surface area contributed by atoms with Crippen LogP contribution in [0.4, 0.5) is 4.79 Å². The van der Waals surface area contributed by atoms with E-state index >= 15 is 0 Å². The zero-order valence-corrected chi connectivity index (χ0v) is 15.4. The highest BCUT2D eigenvalue weighted by Crippen LogP contribution is 2.34. The minimum Gasteiger partial charge on any atom is -0.469 e. The SMILES string of the molecule is CC(C)(C)OC(=O)N1CCC2(CC1)CNS(=O)(=O)c1cccnc1O2. The van der Waals surface area contributed by atoms with E-state index in [1.165, 1.54) is 12.3 Å². The first kappa shape index (κ1) is 17.9. The highest BCUT2D eigenvalue weighted by Gasteiger charge is 2.43. The van der Waals surface area contributed by atoms with Gasteiger partial charge in [-0.25, -0.2) is 22.9 Å². The van der Waals surface area contributed by atoms with E-state index in [0.29, 0.717) is 25.9 Å². The summed E-state index contributed by atoms with van der Waals surface area (Å²) in [6, 6.07) is 3.03. The number of hydrogen-bond donors (Lipinski definition) is 1. The molecule has 0 unspecified atom stereocenters. The number of pyridine rings is 1. The topological polar surface area (TPSA) is 97.8 Å². The van der Waals surface area contributed by atoms with Gasteiger partial charge < -0.3 is 14.4 Å². The molecule has 0 atom stereocenters. The summed E-state index contributed by atoms with van der Waals surface area (Å²) in [5, 5.41) is 0. The Balaban J connectivity index is 1.75. The summed E-state index contributed by atoms with van der Waals surface area (Å²) in [6.45, 7) is 6.47. The van der Waals surface area contributed by atoms with Gasteiger partial charge in [-0.05, 0) is 32.9 Å². The van der Waals surface area contributed by atoms with Crippen LogP contribution in [0.5, 0.6) is 5.88 Å². The molecule has 0 bridgehead atoms. The zero-order chi connectivity index (χ0) is 18.3. The molecule has 1 fully saturated rings. The average Bonchev–Trinajstić information content (AvgIpc) is 2.62. The molecule has 1 N–H and O–H groups in total. The molecule has 1 aromatic heterocycles. The molecule has 0 radical (unpaired) electrons. The molecular weight excluding hydrogens is 346 g/mol. The van der Waals surface area contributed by atoms with E-state index in [2.05, 4.69) is 9.71 Å². The molecule has 2 aliphatic heterocycles. The van der Waals surface area contributed by atoms with Gasteiger partial charge in [-0.1, -0.05) is 0 Å². The summed E-state index contributed by atoms with van der Waals surface area (Å²) in [6.07, 6.45) is 2.12. The maximum Gasteiger partial charge on any atom is 0.410 e. The fraction of sp³-hybridized carbons (Fsp3) is 0.625. The number of rotatable bonds is 0. The van der Waals surface area contributed by atoms with E-state index in [4.69, 9.17) is 9.47 Å². The van der Waals surface area contributed by atoms with Crippen molar-refractivity contribution in [1.29, 1.82) is 0 Å². The van der Waals surface area contributed by atoms with E-state index in [9.17, 15) is 13.2 Å². The predicted octanol–water partition coefficient (Wildman–Crippen LogP) is 1.52. The van der Waals surface area contributed by atoms with E-state index in [0.717, 1.165) is 0 Å². The highest BCUT2D eigenvalue weighted by atomic mass is 32.2. The van der Waals surface area contributed by atoms with Gasteiger partial charge >= 0.3 is 6.09 Å². The minimum atomic E-state index is -3.65. The molecule has 138 valence electrons. The number of nitrogens with zero attached hydrogens (tertiary/aromatic N) is 2. The Labute approximate surface area is 147 Å². The molecule has 0 aliphatic carbocycles. The van der Waals surface area contributed by atoms with Crippen molar-refractivity contribution in [3.05, 3.63) is 18.3 Å². The number of likely N-dealkylation sites (tertiary alicyclic amines) is 1. The summed E-state index contributed by atoms with van der Waals surface area (Å²) < 4.78 is 38.7. The molecular formula is C16H23N3O5S. The van der Waals surface area contributed by atoms with Crippen molar-refractivity contribution >= 4 is 16.1 Å². The third kappa shape index (κ3) is 3.87. The van der Waals surface area contributed by atoms with Crippen molar-refractivity contribution < 1.29 is 22.7 Å². The second kappa shape index (κ2) is 6.14. The van der Waals surface area contributed by atoms with Gasteiger partial charge in [0.2, 0.25) is 15.9 Å². The Bertz CT molecular complexity index is 764. The van der Waals surface area contributed by atoms with E-state index in [-0.39, 0.29) is 23.4 Å². The lowest BCUT2D eigenvalue weighted by Gasteiger charge is -2.40. The Kier molecular flexibility index (Phi) is 4.40. The van der Waals surface area contributed by atoms with E-state index in [1.54, 1.807) is 11.0 Å². The van der Waals surface area contributed by atoms with Crippen molar-refractivity contribution in [2.75, 3.05) is 19.6 Å². The van der Waals surface area contributed by atoms with Gasteiger partial charge in [0.1, 0.15) is 16.1 Å². The molecule has 2 aliphatic rings. The number of carbonyl (C=O) groups excluding carboxylic acids is 1. The monoisotopic (exact) mass is 369 g/mol. The van der Waals surface area contributed by atoms with Crippen molar-refractivity contribution in [3.8, 4) is 5.88 Å². The predicted molar refractivity (Wildman–Crippen MR) is 89.8 cm³/mol. The quantitative estimate of drug-likeness (QED) is 0.745. The second-order valence-corrected chi connectivity index (χ2v) is 9.12. The number of aromatic nitrogens is 1. The number of fused-ring (bicyclic) bond motifs is 1. The number of amides is 1. The Morgan fingerprint density at radius 2 is 2.04 bits per heavy atom. The van der Waals surface area contributed by atoms with E-state index < -0.39 is 21.2 Å². The molecule has 3 rings (SSSR count). The first-order chi connectivity index (χ1) is 11.6. The zero-order valence-electron chi connectivity index (χ0n) is 14.6. The third-order valence-corrected chi connectivity index (χ3v) is 5.66. The lowest BCUT2D eigenvalue weighted by Crippen LogP contribution is -2.54. The lowest BCUT2D eigenvalue weighted by atomic mass is 9.91. The van der Waals surface area contributed by atoms with Crippen molar-refractivity contribution in [1.82, 2.24) is 14.6 Å². The summed E-state index contributed by atoms with van der Waals surface area (Å²) in [4.78, 5) is 17.9. The van der Waals surface area contributed by atoms with Crippen LogP contribution in [-0.2, 0) is 14.8 Å². The maximum absolute atomic E-state index is 12.3. The molecule has 1 amide bonds. The second-order valence-electron chi connectivity index (χ2n) is 7.38. The maximum atomic E-state index is 12.3. The standard InChI is InChI=1S/C16H23N3O5S/c1-15(2,3)24-14(20)19-9-6-16(7-10-19)11-18-25(21,22)12-5-4-8-17-13(12)23-16/h4-5,8,18H,6-7,9-11H2,1-3H3. The van der Waals surface area contributed by atoms with Crippen LogP contribution in [0.2, 0.25) is 0 Å². The molecule has 8 nitrogen and oxygen atoms in total. The van der Waals surface area contributed by atoms with Gasteiger partial charge in [0.15, 0.2) is 0 Å². The van der Waals surface area contributed by atoms with Gasteiger partial charge in [0.25, 0.3) is 0 Å². The van der Waals surface area contributed by atoms with Crippen LogP contribution >= 0.6 is 0 Å². The molecule has 3 heterocycles. The van der Waals surface area contributed by atoms with Crippen molar-refractivity contribution in [3.63, 3.8) is 0 Å². The smallest absolute Gasteiger partial charge is 0.410 e. The van der Waals surface area contributed by atoms with Gasteiger partial charge in [-0.3, -0.25) is 0 Å². The molecule has 9 heteroatoms. The van der Waals surface area contributed by atoms with Crippen LogP contribution in [0.25, 0.3) is 0 Å². The number of piperidine rings is 1. The Hall–Kier alpha value is -1.87. The van der Waals surface area contributed by atoms with Crippen LogP contribution in [0.15, 0.2) is 23.2 Å². The number of carbonyl (C=O) groups is 1. The van der Waals surface area contributed by atoms with Gasteiger partial charge in [-0.2, -0.15) is 0 Å². The number of sulfonamides is 1. The normalized spacial score (nSPS) is 21.8. The summed E-state index contributed by atoms with van der Waals surface area (Å²) >= 11 is 0. The molecule has 0 aromatic carbocycles. The van der Waals surface area contributed by atoms with Crippen LogP contribution in [-0.4, -0.2) is 55.2 Å². The largest absolute Gasteiger partial charge is 0.469 e. The Morgan fingerprint density at radius 3 is 2.68 bits per heavy atom. The summed E-state index contributed by atoms with van der Waals surface area (Å²) in [5.41, 5.74) is -1.27. The minimum absolute atomic E-state index is 0.0430. The summed E-state index contributed by atoms with van der Waals surface area (Å²) in [5.74, 6) is 0.109. The van der Waals surface area contributed by atoms with Crippen LogP contribution in [0, 0.1) is 0 Å². The molecule has 1 saturated heterocycles. The molecule has 0 saturated carbocycles. The molecule has 1 spiro atoms. The lowest BCUT2D eigenvalue weighted by molar-refractivity contribution is -0.0169.